The number of benzene rings is 1. The van der Waals surface area contributed by atoms with E-state index in [1.807, 2.05) is 35.4 Å². The minimum absolute atomic E-state index is 0.0278. The molecule has 2 heterocycles. The number of imidazole rings is 1. The standard InChI is InChI=1S/C20H16FN5O/c1-12-17-8-16(5-6-19(17)24-25(12)2)26-10-15(11-27)23-20(26)13-3-4-14(9-22)18(21)7-13/h3-4,7-8,10-11H,5-6H2,1-2H3. The summed E-state index contributed by atoms with van der Waals surface area (Å²) in [6.45, 7) is 2.01. The Morgan fingerprint density at radius 3 is 2.85 bits per heavy atom. The molecule has 0 atom stereocenters. The van der Waals surface area contributed by atoms with Gasteiger partial charge in [-0.3, -0.25) is 9.48 Å². The number of fused-ring (bicyclic) bond motifs is 1. The molecule has 0 fully saturated rings. The molecular weight excluding hydrogens is 345 g/mol. The summed E-state index contributed by atoms with van der Waals surface area (Å²) in [5.74, 6) is -0.142. The number of hydrogen-bond donors (Lipinski definition) is 0. The molecule has 0 spiro atoms. The lowest BCUT2D eigenvalue weighted by Crippen LogP contribution is -2.05. The van der Waals surface area contributed by atoms with Crippen LogP contribution in [0.4, 0.5) is 4.39 Å². The van der Waals surface area contributed by atoms with Crippen LogP contribution in [0.2, 0.25) is 0 Å². The number of nitrogens with zero attached hydrogens (tertiary/aromatic N) is 5. The van der Waals surface area contributed by atoms with Crippen LogP contribution >= 0.6 is 0 Å². The van der Waals surface area contributed by atoms with Crippen LogP contribution in [-0.2, 0) is 13.5 Å². The van der Waals surface area contributed by atoms with Gasteiger partial charge in [-0.2, -0.15) is 10.4 Å². The Hall–Kier alpha value is -3.53. The summed E-state index contributed by atoms with van der Waals surface area (Å²) in [6, 6.07) is 6.14. The van der Waals surface area contributed by atoms with Crippen LogP contribution in [0.15, 0.2) is 24.4 Å². The summed E-state index contributed by atoms with van der Waals surface area (Å²) in [7, 11) is 1.91. The fourth-order valence-corrected chi connectivity index (χ4v) is 3.36. The number of halogens is 1. The first-order valence-electron chi connectivity index (χ1n) is 8.50. The van der Waals surface area contributed by atoms with E-state index in [1.165, 1.54) is 12.1 Å². The van der Waals surface area contributed by atoms with Crippen molar-refractivity contribution in [3.8, 4) is 17.5 Å². The molecule has 0 unspecified atom stereocenters. The summed E-state index contributed by atoms with van der Waals surface area (Å²) in [4.78, 5) is 15.6. The van der Waals surface area contributed by atoms with Crippen molar-refractivity contribution in [3.63, 3.8) is 0 Å². The molecule has 0 bridgehead atoms. The number of aldehydes is 1. The summed E-state index contributed by atoms with van der Waals surface area (Å²) in [5, 5.41) is 13.4. The van der Waals surface area contributed by atoms with Crippen molar-refractivity contribution in [1.82, 2.24) is 19.3 Å². The molecule has 1 aromatic carbocycles. The van der Waals surface area contributed by atoms with Crippen LogP contribution in [0.3, 0.4) is 0 Å². The number of allylic oxidation sites excluding steroid dienone is 1. The van der Waals surface area contributed by atoms with Gasteiger partial charge >= 0.3 is 0 Å². The fraction of sp³-hybridized carbons (Fsp3) is 0.200. The minimum Gasteiger partial charge on any atom is -0.303 e. The normalized spacial score (nSPS) is 13.0. The third-order valence-corrected chi connectivity index (χ3v) is 4.89. The number of carbonyl (C=O) groups is 1. The van der Waals surface area contributed by atoms with Crippen LogP contribution in [0.25, 0.3) is 23.2 Å². The maximum absolute atomic E-state index is 14.1. The topological polar surface area (TPSA) is 76.5 Å². The SMILES string of the molecule is Cc1c2c(nn1C)CCC(n1cc(C=O)nc1-c1ccc(C#N)c(F)c1)=C2. The predicted molar refractivity (Wildman–Crippen MR) is 98.2 cm³/mol. The van der Waals surface area contributed by atoms with Crippen molar-refractivity contribution in [1.29, 1.82) is 5.26 Å². The second-order valence-electron chi connectivity index (χ2n) is 6.49. The van der Waals surface area contributed by atoms with E-state index in [-0.39, 0.29) is 11.3 Å². The highest BCUT2D eigenvalue weighted by molar-refractivity contribution is 5.81. The quantitative estimate of drug-likeness (QED) is 0.670. The molecule has 0 saturated carbocycles. The van der Waals surface area contributed by atoms with Crippen molar-refractivity contribution < 1.29 is 9.18 Å². The maximum atomic E-state index is 14.1. The smallest absolute Gasteiger partial charge is 0.170 e. The fourth-order valence-electron chi connectivity index (χ4n) is 3.36. The van der Waals surface area contributed by atoms with Crippen molar-refractivity contribution in [2.45, 2.75) is 19.8 Å². The highest BCUT2D eigenvalue weighted by Crippen LogP contribution is 2.32. The average molecular weight is 361 g/mol. The number of hydrogen-bond acceptors (Lipinski definition) is 4. The van der Waals surface area contributed by atoms with E-state index in [9.17, 15) is 9.18 Å². The van der Waals surface area contributed by atoms with Gasteiger partial charge < -0.3 is 4.57 Å². The van der Waals surface area contributed by atoms with E-state index >= 15 is 0 Å². The zero-order valence-corrected chi connectivity index (χ0v) is 14.9. The number of aryl methyl sites for hydroxylation is 2. The number of rotatable bonds is 3. The zero-order chi connectivity index (χ0) is 19.1. The number of aromatic nitrogens is 4. The lowest BCUT2D eigenvalue weighted by molar-refractivity contribution is 0.111. The third kappa shape index (κ3) is 2.75. The molecule has 4 rings (SSSR count). The van der Waals surface area contributed by atoms with Crippen molar-refractivity contribution in [3.05, 3.63) is 58.4 Å². The van der Waals surface area contributed by atoms with Crippen molar-refractivity contribution >= 4 is 18.1 Å². The van der Waals surface area contributed by atoms with Crippen molar-refractivity contribution in [2.24, 2.45) is 7.05 Å². The van der Waals surface area contributed by atoms with Gasteiger partial charge in [0, 0.05) is 35.8 Å². The van der Waals surface area contributed by atoms with Gasteiger partial charge in [-0.25, -0.2) is 9.37 Å². The highest BCUT2D eigenvalue weighted by Gasteiger charge is 2.21. The monoisotopic (exact) mass is 361 g/mol. The molecule has 134 valence electrons. The Balaban J connectivity index is 1.86. The van der Waals surface area contributed by atoms with Gasteiger partial charge in [0.25, 0.3) is 0 Å². The molecule has 6 nitrogen and oxygen atoms in total. The summed E-state index contributed by atoms with van der Waals surface area (Å²) >= 11 is 0. The first kappa shape index (κ1) is 16.9. The molecule has 7 heteroatoms. The van der Waals surface area contributed by atoms with E-state index in [0.717, 1.165) is 35.5 Å². The largest absolute Gasteiger partial charge is 0.303 e. The molecule has 0 aliphatic heterocycles. The van der Waals surface area contributed by atoms with E-state index in [0.29, 0.717) is 17.7 Å². The Kier molecular flexibility index (Phi) is 3.96. The lowest BCUT2D eigenvalue weighted by atomic mass is 10.00. The van der Waals surface area contributed by atoms with Gasteiger partial charge in [-0.05, 0) is 44.0 Å². The van der Waals surface area contributed by atoms with Crippen LogP contribution in [0.5, 0.6) is 0 Å². The van der Waals surface area contributed by atoms with Gasteiger partial charge in [0.2, 0.25) is 0 Å². The molecule has 0 amide bonds. The first-order chi connectivity index (χ1) is 13.0. The maximum Gasteiger partial charge on any atom is 0.170 e. The van der Waals surface area contributed by atoms with E-state index in [1.54, 1.807) is 12.3 Å². The summed E-state index contributed by atoms with van der Waals surface area (Å²) in [6.07, 6.45) is 5.87. The Morgan fingerprint density at radius 1 is 1.33 bits per heavy atom. The molecule has 3 aromatic rings. The minimum atomic E-state index is -0.611. The highest BCUT2D eigenvalue weighted by atomic mass is 19.1. The Bertz CT molecular complexity index is 1150. The summed E-state index contributed by atoms with van der Waals surface area (Å²) in [5.41, 5.74) is 4.87. The molecular formula is C20H16FN5O. The molecule has 0 N–H and O–H groups in total. The van der Waals surface area contributed by atoms with Gasteiger partial charge in [-0.1, -0.05) is 0 Å². The second-order valence-corrected chi connectivity index (χ2v) is 6.49. The van der Waals surface area contributed by atoms with Gasteiger partial charge in [0.1, 0.15) is 23.4 Å². The third-order valence-electron chi connectivity index (χ3n) is 4.89. The average Bonchev–Trinajstić information content (AvgIpc) is 3.23. The summed E-state index contributed by atoms with van der Waals surface area (Å²) < 4.78 is 17.8. The van der Waals surface area contributed by atoms with E-state index in [4.69, 9.17) is 5.26 Å². The predicted octanol–water partition coefficient (Wildman–Crippen LogP) is 3.36. The molecule has 2 aromatic heterocycles. The first-order valence-corrected chi connectivity index (χ1v) is 8.50. The van der Waals surface area contributed by atoms with Crippen molar-refractivity contribution in [2.75, 3.05) is 0 Å². The van der Waals surface area contributed by atoms with Crippen LogP contribution in [0, 0.1) is 24.1 Å². The van der Waals surface area contributed by atoms with Gasteiger partial charge in [0.05, 0.1) is 11.3 Å². The molecule has 0 saturated heterocycles. The molecule has 0 radical (unpaired) electrons. The molecule has 1 aliphatic carbocycles. The molecule has 1 aliphatic rings. The Morgan fingerprint density at radius 2 is 2.15 bits per heavy atom. The van der Waals surface area contributed by atoms with Crippen LogP contribution < -0.4 is 0 Å². The zero-order valence-electron chi connectivity index (χ0n) is 14.9. The van der Waals surface area contributed by atoms with E-state index in [2.05, 4.69) is 10.1 Å². The Labute approximate surface area is 155 Å². The van der Waals surface area contributed by atoms with Gasteiger partial charge in [0.15, 0.2) is 6.29 Å². The lowest BCUT2D eigenvalue weighted by Gasteiger charge is -2.16. The van der Waals surface area contributed by atoms with E-state index < -0.39 is 5.82 Å². The number of nitriles is 1. The van der Waals surface area contributed by atoms with Gasteiger partial charge in [-0.15, -0.1) is 0 Å². The second kappa shape index (κ2) is 6.32. The molecule has 27 heavy (non-hydrogen) atoms. The number of carbonyl (C=O) groups excluding carboxylic acids is 1. The van der Waals surface area contributed by atoms with Crippen LogP contribution in [0.1, 0.15) is 39.4 Å². The van der Waals surface area contributed by atoms with Crippen LogP contribution in [-0.4, -0.2) is 25.6 Å².